The van der Waals surface area contributed by atoms with E-state index in [9.17, 15) is 20.2 Å². The fourth-order valence-electron chi connectivity index (χ4n) is 1.96. The molecule has 1 aromatic heterocycles. The molecule has 0 aliphatic carbocycles. The summed E-state index contributed by atoms with van der Waals surface area (Å²) in [4.78, 5) is 21.6. The minimum atomic E-state index is -0.645. The highest BCUT2D eigenvalue weighted by molar-refractivity contribution is 7.10. The van der Waals surface area contributed by atoms with E-state index in [0.29, 0.717) is 0 Å². The Balaban J connectivity index is 2.34. The third-order valence-corrected chi connectivity index (χ3v) is 4.00. The van der Waals surface area contributed by atoms with Gasteiger partial charge in [-0.1, -0.05) is 13.0 Å². The van der Waals surface area contributed by atoms with Gasteiger partial charge >= 0.3 is 0 Å². The Morgan fingerprint density at radius 1 is 1.24 bits per heavy atom. The topological polar surface area (TPSA) is 98.3 Å². The first kappa shape index (κ1) is 14.9. The van der Waals surface area contributed by atoms with E-state index in [2.05, 4.69) is 5.32 Å². The van der Waals surface area contributed by atoms with Crippen LogP contribution in [-0.2, 0) is 0 Å². The highest BCUT2D eigenvalue weighted by Gasteiger charge is 2.21. The number of nitrogens with one attached hydrogen (secondary N) is 1. The summed E-state index contributed by atoms with van der Waals surface area (Å²) >= 11 is 1.56. The number of nitro groups is 2. The van der Waals surface area contributed by atoms with Crippen LogP contribution >= 0.6 is 11.3 Å². The van der Waals surface area contributed by atoms with Gasteiger partial charge in [0.25, 0.3) is 11.4 Å². The maximum Gasteiger partial charge on any atom is 0.299 e. The second-order valence-electron chi connectivity index (χ2n) is 4.34. The van der Waals surface area contributed by atoms with Crippen molar-refractivity contribution < 1.29 is 9.85 Å². The summed E-state index contributed by atoms with van der Waals surface area (Å²) in [6.07, 6.45) is 0.745. The molecular formula is C13H13N3O4S. The zero-order valence-electron chi connectivity index (χ0n) is 11.2. The second-order valence-corrected chi connectivity index (χ2v) is 5.32. The maximum absolute atomic E-state index is 11.1. The van der Waals surface area contributed by atoms with Crippen LogP contribution in [0.1, 0.15) is 24.3 Å². The Hall–Kier alpha value is -2.48. The van der Waals surface area contributed by atoms with Crippen LogP contribution in [0.4, 0.5) is 17.1 Å². The second kappa shape index (κ2) is 6.31. The minimum absolute atomic E-state index is 0.0647. The molecule has 0 aliphatic heterocycles. The Labute approximate surface area is 124 Å². The van der Waals surface area contributed by atoms with Gasteiger partial charge in [0.2, 0.25) is 0 Å². The largest absolute Gasteiger partial charge is 0.372 e. The fourth-order valence-corrected chi connectivity index (χ4v) is 2.82. The molecule has 1 heterocycles. The lowest BCUT2D eigenvalue weighted by Crippen LogP contribution is -2.10. The molecule has 0 saturated carbocycles. The average Bonchev–Trinajstić information content (AvgIpc) is 2.98. The summed E-state index contributed by atoms with van der Waals surface area (Å²) in [6, 6.07) is 7.41. The summed E-state index contributed by atoms with van der Waals surface area (Å²) in [5.74, 6) is 0. The van der Waals surface area contributed by atoms with Gasteiger partial charge in [0, 0.05) is 10.9 Å². The number of nitrogens with zero attached hydrogens (tertiary/aromatic N) is 2. The van der Waals surface area contributed by atoms with Crippen LogP contribution in [0.5, 0.6) is 0 Å². The van der Waals surface area contributed by atoms with Crippen molar-refractivity contribution in [3.05, 3.63) is 60.8 Å². The lowest BCUT2D eigenvalue weighted by molar-refractivity contribution is -0.393. The fraction of sp³-hybridized carbons (Fsp3) is 0.231. The molecule has 0 bridgehead atoms. The number of non-ortho nitro benzene ring substituents is 1. The molecule has 0 fully saturated rings. The maximum atomic E-state index is 11.1. The van der Waals surface area contributed by atoms with Gasteiger partial charge in [-0.05, 0) is 23.9 Å². The van der Waals surface area contributed by atoms with Crippen molar-refractivity contribution in [2.75, 3.05) is 5.32 Å². The summed E-state index contributed by atoms with van der Waals surface area (Å²) < 4.78 is 0. The number of thiophene rings is 1. The van der Waals surface area contributed by atoms with E-state index in [1.54, 1.807) is 11.3 Å². The highest BCUT2D eigenvalue weighted by atomic mass is 32.1. The Kier molecular flexibility index (Phi) is 4.49. The molecule has 1 aromatic carbocycles. The van der Waals surface area contributed by atoms with Crippen LogP contribution in [0.2, 0.25) is 0 Å². The van der Waals surface area contributed by atoms with Crippen molar-refractivity contribution in [2.24, 2.45) is 0 Å². The smallest absolute Gasteiger partial charge is 0.299 e. The van der Waals surface area contributed by atoms with E-state index >= 15 is 0 Å². The molecule has 0 saturated heterocycles. The molecule has 0 aliphatic rings. The van der Waals surface area contributed by atoms with Gasteiger partial charge in [0.05, 0.1) is 22.0 Å². The van der Waals surface area contributed by atoms with Crippen LogP contribution in [-0.4, -0.2) is 9.85 Å². The molecule has 0 amide bonds. The van der Waals surface area contributed by atoms with Crippen LogP contribution < -0.4 is 5.32 Å². The van der Waals surface area contributed by atoms with Gasteiger partial charge in [0.1, 0.15) is 5.69 Å². The monoisotopic (exact) mass is 307 g/mol. The van der Waals surface area contributed by atoms with Crippen LogP contribution in [0.25, 0.3) is 0 Å². The lowest BCUT2D eigenvalue weighted by Gasteiger charge is -2.16. The number of hydrogen-bond donors (Lipinski definition) is 1. The predicted octanol–water partition coefficient (Wildman–Crippen LogP) is 4.13. The first-order chi connectivity index (χ1) is 10.0. The molecule has 0 spiro atoms. The zero-order chi connectivity index (χ0) is 15.4. The Morgan fingerprint density at radius 2 is 2.00 bits per heavy atom. The summed E-state index contributed by atoms with van der Waals surface area (Å²) in [6.45, 7) is 1.97. The van der Waals surface area contributed by atoms with Gasteiger partial charge in [-0.2, -0.15) is 0 Å². The molecule has 21 heavy (non-hydrogen) atoms. The van der Waals surface area contributed by atoms with Crippen molar-refractivity contribution >= 4 is 28.4 Å². The van der Waals surface area contributed by atoms with Crippen molar-refractivity contribution in [3.63, 3.8) is 0 Å². The standard InChI is InChI=1S/C13H13N3O4S/c1-2-10(13-4-3-7-21-13)14-11-6-5-9(15(17)18)8-12(11)16(19)20/h3-8,10,14H,2H2,1H3. The number of rotatable bonds is 6. The summed E-state index contributed by atoms with van der Waals surface area (Å²) in [5, 5.41) is 26.8. The number of benzene rings is 1. The first-order valence-electron chi connectivity index (χ1n) is 6.25. The minimum Gasteiger partial charge on any atom is -0.372 e. The van der Waals surface area contributed by atoms with Crippen LogP contribution in [0.3, 0.4) is 0 Å². The number of hydrogen-bond acceptors (Lipinski definition) is 6. The zero-order valence-corrected chi connectivity index (χ0v) is 12.0. The van der Waals surface area contributed by atoms with Gasteiger partial charge in [-0.15, -0.1) is 11.3 Å². The Morgan fingerprint density at radius 3 is 2.52 bits per heavy atom. The van der Waals surface area contributed by atoms with E-state index in [-0.39, 0.29) is 23.1 Å². The van der Waals surface area contributed by atoms with Crippen LogP contribution in [0, 0.1) is 20.2 Å². The van der Waals surface area contributed by atoms with E-state index in [4.69, 9.17) is 0 Å². The third kappa shape index (κ3) is 3.34. The molecule has 2 aromatic rings. The van der Waals surface area contributed by atoms with E-state index in [0.717, 1.165) is 17.4 Å². The van der Waals surface area contributed by atoms with Gasteiger partial charge in [-0.3, -0.25) is 20.2 Å². The van der Waals surface area contributed by atoms with Crippen LogP contribution in [0.15, 0.2) is 35.7 Å². The number of anilines is 1. The molecule has 1 atom stereocenters. The SMILES string of the molecule is CCC(Nc1ccc([N+](=O)[O-])cc1[N+](=O)[O-])c1cccs1. The lowest BCUT2D eigenvalue weighted by atomic mass is 10.1. The van der Waals surface area contributed by atoms with Crippen molar-refractivity contribution in [1.29, 1.82) is 0 Å². The molecule has 2 rings (SSSR count). The normalized spacial score (nSPS) is 11.9. The summed E-state index contributed by atoms with van der Waals surface area (Å²) in [5.41, 5.74) is -0.304. The molecule has 7 nitrogen and oxygen atoms in total. The number of nitro benzene ring substituents is 2. The van der Waals surface area contributed by atoms with E-state index in [1.807, 2.05) is 24.4 Å². The third-order valence-electron chi connectivity index (χ3n) is 3.01. The predicted molar refractivity (Wildman–Crippen MR) is 80.7 cm³/mol. The molecule has 1 unspecified atom stereocenters. The van der Waals surface area contributed by atoms with E-state index < -0.39 is 9.85 Å². The van der Waals surface area contributed by atoms with Gasteiger partial charge < -0.3 is 5.32 Å². The van der Waals surface area contributed by atoms with Gasteiger partial charge in [0.15, 0.2) is 0 Å². The average molecular weight is 307 g/mol. The van der Waals surface area contributed by atoms with Crippen molar-refractivity contribution in [3.8, 4) is 0 Å². The molecule has 1 N–H and O–H groups in total. The molecule has 8 heteroatoms. The van der Waals surface area contributed by atoms with Crippen molar-refractivity contribution in [2.45, 2.75) is 19.4 Å². The molecule has 0 radical (unpaired) electrons. The van der Waals surface area contributed by atoms with Gasteiger partial charge in [-0.25, -0.2) is 0 Å². The Bertz CT molecular complexity index is 657. The summed E-state index contributed by atoms with van der Waals surface area (Å²) in [7, 11) is 0. The highest BCUT2D eigenvalue weighted by Crippen LogP contribution is 2.33. The molecule has 110 valence electrons. The van der Waals surface area contributed by atoms with E-state index in [1.165, 1.54) is 12.1 Å². The quantitative estimate of drug-likeness (QED) is 0.639. The first-order valence-corrected chi connectivity index (χ1v) is 7.13. The molecular weight excluding hydrogens is 294 g/mol. The van der Waals surface area contributed by atoms with Crippen molar-refractivity contribution in [1.82, 2.24) is 0 Å².